The van der Waals surface area contributed by atoms with Gasteiger partial charge in [-0.1, -0.05) is 0 Å². The molecule has 2 aromatic heterocycles. The molecule has 0 aliphatic carbocycles. The summed E-state index contributed by atoms with van der Waals surface area (Å²) in [5.74, 6) is -0.185. The topological polar surface area (TPSA) is 60.1 Å². The van der Waals surface area contributed by atoms with Gasteiger partial charge in [0.2, 0.25) is 0 Å². The third-order valence-electron chi connectivity index (χ3n) is 4.23. The van der Waals surface area contributed by atoms with Gasteiger partial charge < -0.3 is 9.47 Å². The van der Waals surface area contributed by atoms with Crippen LogP contribution in [0.2, 0.25) is 0 Å². The number of carbonyl (C=O) groups is 1. The smallest absolute Gasteiger partial charge is 0.263 e. The number of aromatic nitrogens is 3. The maximum absolute atomic E-state index is 12.8. The lowest BCUT2D eigenvalue weighted by Crippen LogP contribution is -2.41. The van der Waals surface area contributed by atoms with Crippen molar-refractivity contribution < 1.29 is 4.79 Å². The van der Waals surface area contributed by atoms with Crippen molar-refractivity contribution in [2.75, 3.05) is 6.54 Å². The number of carbonyl (C=O) groups excluding carboxylic acids is 1. The Hall–Kier alpha value is -2.37. The van der Waals surface area contributed by atoms with Crippen LogP contribution >= 0.6 is 0 Å². The van der Waals surface area contributed by atoms with E-state index >= 15 is 0 Å². The minimum Gasteiger partial charge on any atom is -0.331 e. The molecule has 3 rings (SSSR count). The third kappa shape index (κ3) is 2.56. The standard InChI is InChI=1S/C16H20N4O2/c1-18-8-5-6-13(15(18)21)16(22)20-9-4-3-7-14(20)12-10-17-19(2)11-12/h5-6,8,10-11,14H,3-4,7,9H2,1-2H3. The Morgan fingerprint density at radius 1 is 1.32 bits per heavy atom. The summed E-state index contributed by atoms with van der Waals surface area (Å²) < 4.78 is 3.18. The number of likely N-dealkylation sites (tertiary alicyclic amines) is 1. The van der Waals surface area contributed by atoms with Crippen molar-refractivity contribution in [3.8, 4) is 0 Å². The second kappa shape index (κ2) is 5.79. The first kappa shape index (κ1) is 14.6. The molecule has 1 amide bonds. The lowest BCUT2D eigenvalue weighted by Gasteiger charge is -2.35. The van der Waals surface area contributed by atoms with E-state index in [9.17, 15) is 9.59 Å². The van der Waals surface area contributed by atoms with Gasteiger partial charge in [-0.2, -0.15) is 5.10 Å². The monoisotopic (exact) mass is 300 g/mol. The zero-order valence-electron chi connectivity index (χ0n) is 12.9. The molecule has 0 radical (unpaired) electrons. The molecular formula is C16H20N4O2. The molecular weight excluding hydrogens is 280 g/mol. The summed E-state index contributed by atoms with van der Waals surface area (Å²) in [6, 6.07) is 3.34. The van der Waals surface area contributed by atoms with Gasteiger partial charge in [0.1, 0.15) is 5.56 Å². The van der Waals surface area contributed by atoms with Gasteiger partial charge in [0.25, 0.3) is 11.5 Å². The first-order chi connectivity index (χ1) is 10.6. The number of nitrogens with zero attached hydrogens (tertiary/aromatic N) is 4. The molecule has 1 atom stereocenters. The molecule has 22 heavy (non-hydrogen) atoms. The predicted octanol–water partition coefficient (Wildman–Crippen LogP) is 1.49. The molecule has 1 aliphatic rings. The van der Waals surface area contributed by atoms with Crippen molar-refractivity contribution in [3.05, 3.63) is 52.2 Å². The summed E-state index contributed by atoms with van der Waals surface area (Å²) in [5, 5.41) is 4.20. The largest absolute Gasteiger partial charge is 0.331 e. The molecule has 6 nitrogen and oxygen atoms in total. The van der Waals surface area contributed by atoms with Crippen LogP contribution in [-0.4, -0.2) is 31.7 Å². The van der Waals surface area contributed by atoms with Gasteiger partial charge in [0, 0.05) is 38.6 Å². The van der Waals surface area contributed by atoms with Crippen molar-refractivity contribution in [1.29, 1.82) is 0 Å². The minimum absolute atomic E-state index is 0.000128. The van der Waals surface area contributed by atoms with E-state index < -0.39 is 0 Å². The molecule has 0 N–H and O–H groups in total. The number of pyridine rings is 1. The van der Waals surface area contributed by atoms with Crippen molar-refractivity contribution in [3.63, 3.8) is 0 Å². The average molecular weight is 300 g/mol. The molecule has 0 bridgehead atoms. The van der Waals surface area contributed by atoms with Crippen molar-refractivity contribution in [2.45, 2.75) is 25.3 Å². The Labute approximate surface area is 129 Å². The molecule has 0 aromatic carbocycles. The third-order valence-corrected chi connectivity index (χ3v) is 4.23. The highest BCUT2D eigenvalue weighted by atomic mass is 16.2. The number of rotatable bonds is 2. The highest BCUT2D eigenvalue weighted by Gasteiger charge is 2.30. The predicted molar refractivity (Wildman–Crippen MR) is 82.5 cm³/mol. The van der Waals surface area contributed by atoms with Crippen LogP contribution in [0.15, 0.2) is 35.5 Å². The van der Waals surface area contributed by atoms with Crippen LogP contribution in [0.5, 0.6) is 0 Å². The summed E-state index contributed by atoms with van der Waals surface area (Å²) in [6.07, 6.45) is 8.36. The van der Waals surface area contributed by atoms with E-state index in [4.69, 9.17) is 0 Å². The fourth-order valence-corrected chi connectivity index (χ4v) is 3.05. The molecule has 0 spiro atoms. The summed E-state index contributed by atoms with van der Waals surface area (Å²) in [4.78, 5) is 26.9. The van der Waals surface area contributed by atoms with Crippen molar-refractivity contribution in [2.24, 2.45) is 14.1 Å². The number of aryl methyl sites for hydroxylation is 2. The highest BCUT2D eigenvalue weighted by Crippen LogP contribution is 2.31. The van der Waals surface area contributed by atoms with E-state index in [-0.39, 0.29) is 23.1 Å². The first-order valence-electron chi connectivity index (χ1n) is 7.53. The Kier molecular flexibility index (Phi) is 3.83. The molecule has 1 unspecified atom stereocenters. The molecule has 2 aromatic rings. The van der Waals surface area contributed by atoms with Gasteiger partial charge in [-0.25, -0.2) is 0 Å². The molecule has 1 aliphatic heterocycles. The fourth-order valence-electron chi connectivity index (χ4n) is 3.05. The van der Waals surface area contributed by atoms with Crippen LogP contribution in [0.25, 0.3) is 0 Å². The molecule has 1 fully saturated rings. The molecule has 3 heterocycles. The number of hydrogen-bond donors (Lipinski definition) is 0. The van der Waals surface area contributed by atoms with Gasteiger partial charge in [-0.15, -0.1) is 0 Å². The number of amides is 1. The van der Waals surface area contributed by atoms with Crippen LogP contribution in [0.4, 0.5) is 0 Å². The minimum atomic E-state index is -0.247. The molecule has 6 heteroatoms. The van der Waals surface area contributed by atoms with Gasteiger partial charge in [-0.05, 0) is 31.4 Å². The zero-order valence-corrected chi connectivity index (χ0v) is 12.9. The normalized spacial score (nSPS) is 18.5. The van der Waals surface area contributed by atoms with E-state index in [1.165, 1.54) is 4.57 Å². The fraction of sp³-hybridized carbons (Fsp3) is 0.438. The maximum atomic E-state index is 12.8. The van der Waals surface area contributed by atoms with Crippen LogP contribution < -0.4 is 5.56 Å². The van der Waals surface area contributed by atoms with Gasteiger partial charge in [0.15, 0.2) is 0 Å². The first-order valence-corrected chi connectivity index (χ1v) is 7.53. The summed E-state index contributed by atoms with van der Waals surface area (Å²) >= 11 is 0. The van der Waals surface area contributed by atoms with Crippen LogP contribution in [0, 0.1) is 0 Å². The van der Waals surface area contributed by atoms with Crippen molar-refractivity contribution in [1.82, 2.24) is 19.2 Å². The van der Waals surface area contributed by atoms with E-state index in [1.54, 1.807) is 36.3 Å². The Balaban J connectivity index is 1.95. The van der Waals surface area contributed by atoms with E-state index in [2.05, 4.69) is 5.10 Å². The van der Waals surface area contributed by atoms with Crippen LogP contribution in [-0.2, 0) is 14.1 Å². The van der Waals surface area contributed by atoms with Gasteiger partial charge in [0.05, 0.1) is 12.2 Å². The number of piperidine rings is 1. The van der Waals surface area contributed by atoms with Crippen molar-refractivity contribution >= 4 is 5.91 Å². The molecule has 1 saturated heterocycles. The van der Waals surface area contributed by atoms with E-state index in [0.29, 0.717) is 6.54 Å². The van der Waals surface area contributed by atoms with Gasteiger partial charge in [-0.3, -0.25) is 14.3 Å². The van der Waals surface area contributed by atoms with Crippen LogP contribution in [0.3, 0.4) is 0 Å². The van der Waals surface area contributed by atoms with E-state index in [0.717, 1.165) is 24.8 Å². The Bertz CT molecular complexity index is 747. The maximum Gasteiger partial charge on any atom is 0.263 e. The Morgan fingerprint density at radius 2 is 2.14 bits per heavy atom. The summed E-state index contributed by atoms with van der Waals surface area (Å²) in [6.45, 7) is 0.677. The van der Waals surface area contributed by atoms with Gasteiger partial charge >= 0.3 is 0 Å². The second-order valence-electron chi connectivity index (χ2n) is 5.80. The number of hydrogen-bond acceptors (Lipinski definition) is 3. The second-order valence-corrected chi connectivity index (χ2v) is 5.80. The average Bonchev–Trinajstić information content (AvgIpc) is 2.96. The Morgan fingerprint density at radius 3 is 2.86 bits per heavy atom. The molecule has 116 valence electrons. The lowest BCUT2D eigenvalue weighted by atomic mass is 9.96. The summed E-state index contributed by atoms with van der Waals surface area (Å²) in [7, 11) is 3.53. The highest BCUT2D eigenvalue weighted by molar-refractivity contribution is 5.94. The quantitative estimate of drug-likeness (QED) is 0.844. The zero-order chi connectivity index (χ0) is 15.7. The SMILES string of the molecule is Cn1cc(C2CCCCN2C(=O)c2cccn(C)c2=O)cn1. The molecule has 0 saturated carbocycles. The van der Waals surface area contributed by atoms with Crippen LogP contribution in [0.1, 0.15) is 41.2 Å². The lowest BCUT2D eigenvalue weighted by molar-refractivity contribution is 0.0609. The summed E-state index contributed by atoms with van der Waals surface area (Å²) in [5.41, 5.74) is 1.02. The van der Waals surface area contributed by atoms with E-state index in [1.807, 2.05) is 18.1 Å².